The zero-order chi connectivity index (χ0) is 12.8. The summed E-state index contributed by atoms with van der Waals surface area (Å²) in [6, 6.07) is -2.13. The number of anilines is 1. The minimum atomic E-state index is -1.36. The predicted octanol–water partition coefficient (Wildman–Crippen LogP) is -1.14. The molecule has 1 unspecified atom stereocenters. The van der Waals surface area contributed by atoms with Crippen LogP contribution in [0.25, 0.3) is 0 Å². The maximum absolute atomic E-state index is 11.3. The molecule has 9 nitrogen and oxygen atoms in total. The zero-order valence-corrected chi connectivity index (χ0v) is 8.64. The van der Waals surface area contributed by atoms with Crippen molar-refractivity contribution in [2.75, 3.05) is 5.32 Å². The first-order valence-corrected chi connectivity index (χ1v) is 4.56. The van der Waals surface area contributed by atoms with E-state index in [1.165, 1.54) is 12.4 Å². The fourth-order valence-electron chi connectivity index (χ4n) is 1.05. The number of rotatable bonds is 5. The number of hydrogen-bond donors (Lipinski definition) is 5. The Bertz CT molecular complexity index is 416. The van der Waals surface area contributed by atoms with Gasteiger partial charge in [-0.25, -0.2) is 9.59 Å². The molecule has 0 saturated carbocycles. The quantitative estimate of drug-likeness (QED) is 0.441. The number of nitrogens with two attached hydrogens (primary N) is 1. The molecule has 1 rings (SSSR count). The van der Waals surface area contributed by atoms with Crippen molar-refractivity contribution >= 4 is 23.6 Å². The van der Waals surface area contributed by atoms with E-state index in [0.717, 1.165) is 0 Å². The van der Waals surface area contributed by atoms with Gasteiger partial charge in [0.2, 0.25) is 5.91 Å². The van der Waals surface area contributed by atoms with Crippen LogP contribution in [0.2, 0.25) is 0 Å². The number of carboxylic acid groups (broad SMARTS) is 1. The van der Waals surface area contributed by atoms with Crippen LogP contribution in [0.1, 0.15) is 6.42 Å². The van der Waals surface area contributed by atoms with Gasteiger partial charge in [0.25, 0.3) is 0 Å². The number of carbonyl (C=O) groups is 3. The third kappa shape index (κ3) is 4.20. The number of aromatic amines is 1. The summed E-state index contributed by atoms with van der Waals surface area (Å²) in [5.41, 5.74) is 5.22. The van der Waals surface area contributed by atoms with Crippen molar-refractivity contribution in [3.8, 4) is 0 Å². The van der Waals surface area contributed by atoms with E-state index in [0.29, 0.717) is 5.69 Å². The molecular formula is C8H11N5O4. The summed E-state index contributed by atoms with van der Waals surface area (Å²) in [5.74, 6) is -2.16. The summed E-state index contributed by atoms with van der Waals surface area (Å²) in [6.07, 6.45) is 2.26. The number of urea groups is 1. The Hall–Kier alpha value is -2.58. The highest BCUT2D eigenvalue weighted by Crippen LogP contribution is 2.01. The van der Waals surface area contributed by atoms with Crippen LogP contribution < -0.4 is 16.4 Å². The van der Waals surface area contributed by atoms with Crippen molar-refractivity contribution in [1.29, 1.82) is 0 Å². The fraction of sp³-hybridized carbons (Fsp3) is 0.250. The minimum Gasteiger partial charge on any atom is -0.480 e. The first kappa shape index (κ1) is 12.5. The van der Waals surface area contributed by atoms with Crippen molar-refractivity contribution in [3.05, 3.63) is 12.4 Å². The Morgan fingerprint density at radius 1 is 1.53 bits per heavy atom. The normalized spacial score (nSPS) is 11.5. The number of aromatic nitrogens is 2. The van der Waals surface area contributed by atoms with Gasteiger partial charge >= 0.3 is 12.0 Å². The van der Waals surface area contributed by atoms with Crippen LogP contribution >= 0.6 is 0 Å². The zero-order valence-electron chi connectivity index (χ0n) is 8.64. The molecule has 0 aliphatic carbocycles. The molecule has 1 aromatic rings. The van der Waals surface area contributed by atoms with Gasteiger partial charge in [0.1, 0.15) is 6.04 Å². The van der Waals surface area contributed by atoms with Crippen molar-refractivity contribution in [1.82, 2.24) is 15.5 Å². The molecule has 1 aromatic heterocycles. The number of aliphatic carboxylic acids is 1. The number of H-pyrrole nitrogens is 1. The Morgan fingerprint density at radius 3 is 2.71 bits per heavy atom. The lowest BCUT2D eigenvalue weighted by atomic mass is 10.2. The summed E-state index contributed by atoms with van der Waals surface area (Å²) < 4.78 is 0. The molecule has 1 heterocycles. The van der Waals surface area contributed by atoms with Gasteiger partial charge in [-0.05, 0) is 0 Å². The number of amides is 3. The highest BCUT2D eigenvalue weighted by molar-refractivity contribution is 5.93. The summed E-state index contributed by atoms with van der Waals surface area (Å²) in [4.78, 5) is 32.6. The average molecular weight is 241 g/mol. The second kappa shape index (κ2) is 5.49. The Morgan fingerprint density at radius 2 is 2.24 bits per heavy atom. The van der Waals surface area contributed by atoms with Crippen LogP contribution in [0.3, 0.4) is 0 Å². The molecule has 92 valence electrons. The highest BCUT2D eigenvalue weighted by atomic mass is 16.4. The molecule has 0 radical (unpaired) electrons. The molecule has 0 aliphatic heterocycles. The first-order chi connectivity index (χ1) is 7.99. The number of carbonyl (C=O) groups excluding carboxylic acids is 2. The third-order valence-corrected chi connectivity index (χ3v) is 1.76. The van der Waals surface area contributed by atoms with Crippen LogP contribution in [0.15, 0.2) is 12.4 Å². The maximum Gasteiger partial charge on any atom is 0.326 e. The van der Waals surface area contributed by atoms with E-state index in [1.807, 2.05) is 0 Å². The van der Waals surface area contributed by atoms with Crippen molar-refractivity contribution in [2.45, 2.75) is 12.5 Å². The van der Waals surface area contributed by atoms with E-state index >= 15 is 0 Å². The van der Waals surface area contributed by atoms with E-state index in [4.69, 9.17) is 10.8 Å². The molecule has 0 spiro atoms. The van der Waals surface area contributed by atoms with Crippen LogP contribution in [-0.4, -0.2) is 39.3 Å². The van der Waals surface area contributed by atoms with Crippen LogP contribution in [0.4, 0.5) is 10.5 Å². The number of carboxylic acids is 1. The van der Waals surface area contributed by atoms with Gasteiger partial charge in [-0.1, -0.05) is 0 Å². The number of nitrogens with one attached hydrogen (secondary N) is 3. The fourth-order valence-corrected chi connectivity index (χ4v) is 1.05. The van der Waals surface area contributed by atoms with E-state index in [2.05, 4.69) is 20.8 Å². The van der Waals surface area contributed by atoms with Crippen LogP contribution in [-0.2, 0) is 9.59 Å². The second-order valence-corrected chi connectivity index (χ2v) is 3.15. The molecular weight excluding hydrogens is 230 g/mol. The SMILES string of the molecule is NC(=O)CC(NC(=O)Nc1cn[nH]c1)C(=O)O. The van der Waals surface area contributed by atoms with Gasteiger partial charge < -0.3 is 21.5 Å². The third-order valence-electron chi connectivity index (χ3n) is 1.76. The number of nitrogens with zero attached hydrogens (tertiary/aromatic N) is 1. The summed E-state index contributed by atoms with van der Waals surface area (Å²) >= 11 is 0. The van der Waals surface area contributed by atoms with Gasteiger partial charge in [-0.3, -0.25) is 9.89 Å². The predicted molar refractivity (Wildman–Crippen MR) is 56.0 cm³/mol. The maximum atomic E-state index is 11.3. The summed E-state index contributed by atoms with van der Waals surface area (Å²) in [6.45, 7) is 0. The summed E-state index contributed by atoms with van der Waals surface area (Å²) in [7, 11) is 0. The minimum absolute atomic E-state index is 0.366. The van der Waals surface area contributed by atoms with Gasteiger partial charge in [0.05, 0.1) is 18.3 Å². The number of hydrogen-bond acceptors (Lipinski definition) is 4. The molecule has 0 aromatic carbocycles. The molecule has 0 fully saturated rings. The van der Waals surface area contributed by atoms with Crippen molar-refractivity contribution < 1.29 is 19.5 Å². The molecule has 1 atom stereocenters. The van der Waals surface area contributed by atoms with Gasteiger partial charge in [0, 0.05) is 6.20 Å². The standard InChI is InChI=1S/C8H11N5O4/c9-6(14)1-5(7(15)16)13-8(17)12-4-2-10-11-3-4/h2-3,5H,1H2,(H2,9,14)(H,10,11)(H,15,16)(H2,12,13,17). The van der Waals surface area contributed by atoms with Crippen LogP contribution in [0, 0.1) is 0 Å². The topological polar surface area (TPSA) is 150 Å². The van der Waals surface area contributed by atoms with E-state index in [1.54, 1.807) is 0 Å². The smallest absolute Gasteiger partial charge is 0.326 e. The number of primary amides is 1. The second-order valence-electron chi connectivity index (χ2n) is 3.15. The summed E-state index contributed by atoms with van der Waals surface area (Å²) in [5, 5.41) is 19.2. The average Bonchev–Trinajstić information content (AvgIpc) is 2.68. The molecule has 9 heteroatoms. The monoisotopic (exact) mass is 241 g/mol. The molecule has 17 heavy (non-hydrogen) atoms. The molecule has 0 aliphatic rings. The molecule has 0 saturated heterocycles. The first-order valence-electron chi connectivity index (χ1n) is 4.56. The lowest BCUT2D eigenvalue weighted by Crippen LogP contribution is -2.45. The van der Waals surface area contributed by atoms with E-state index in [9.17, 15) is 14.4 Å². The van der Waals surface area contributed by atoms with E-state index < -0.39 is 30.4 Å². The van der Waals surface area contributed by atoms with Gasteiger partial charge in [-0.15, -0.1) is 0 Å². The Labute approximate surface area is 95.4 Å². The molecule has 0 bridgehead atoms. The largest absolute Gasteiger partial charge is 0.480 e. The van der Waals surface area contributed by atoms with E-state index in [-0.39, 0.29) is 0 Å². The highest BCUT2D eigenvalue weighted by Gasteiger charge is 2.22. The Kier molecular flexibility index (Phi) is 4.03. The molecule has 3 amide bonds. The van der Waals surface area contributed by atoms with Gasteiger partial charge in [-0.2, -0.15) is 5.10 Å². The van der Waals surface area contributed by atoms with Crippen molar-refractivity contribution in [2.24, 2.45) is 5.73 Å². The lowest BCUT2D eigenvalue weighted by Gasteiger charge is -2.12. The van der Waals surface area contributed by atoms with Gasteiger partial charge in [0.15, 0.2) is 0 Å². The molecule has 6 N–H and O–H groups in total. The van der Waals surface area contributed by atoms with Crippen molar-refractivity contribution in [3.63, 3.8) is 0 Å². The van der Waals surface area contributed by atoms with Crippen LogP contribution in [0.5, 0.6) is 0 Å². The Balaban J connectivity index is 2.52. The lowest BCUT2D eigenvalue weighted by molar-refractivity contribution is -0.140.